The van der Waals surface area contributed by atoms with E-state index in [1.165, 1.54) is 5.01 Å². The van der Waals surface area contributed by atoms with Gasteiger partial charge in [-0.1, -0.05) is 42.5 Å². The molecule has 9 nitrogen and oxygen atoms in total. The zero-order valence-corrected chi connectivity index (χ0v) is 19.0. The third-order valence-corrected chi connectivity index (χ3v) is 5.88. The van der Waals surface area contributed by atoms with Crippen molar-refractivity contribution < 1.29 is 19.1 Å². The van der Waals surface area contributed by atoms with Crippen LogP contribution in [0.15, 0.2) is 89.2 Å². The molecule has 0 saturated carbocycles. The van der Waals surface area contributed by atoms with Crippen LogP contribution in [-0.4, -0.2) is 41.4 Å². The molecule has 3 amide bonds. The Kier molecular flexibility index (Phi) is 5.97. The SMILES string of the molecule is CCc1ccc(N2C(=O)[C@@H]3[C@@H](N=NN3CC(=O)Nc3ccc(Oc4ccccc4)cc3)C2=O)cc1. The lowest BCUT2D eigenvalue weighted by atomic mass is 10.1. The third-order valence-electron chi connectivity index (χ3n) is 5.88. The molecule has 5 rings (SSSR count). The molecule has 0 aromatic heterocycles. The zero-order valence-electron chi connectivity index (χ0n) is 19.0. The number of imide groups is 1. The Morgan fingerprint density at radius 2 is 1.60 bits per heavy atom. The summed E-state index contributed by atoms with van der Waals surface area (Å²) in [6.07, 6.45) is 0.854. The Morgan fingerprint density at radius 1 is 0.914 bits per heavy atom. The van der Waals surface area contributed by atoms with Crippen molar-refractivity contribution in [3.63, 3.8) is 0 Å². The van der Waals surface area contributed by atoms with Crippen LogP contribution in [0.5, 0.6) is 11.5 Å². The van der Waals surface area contributed by atoms with E-state index in [0.29, 0.717) is 22.9 Å². The molecule has 9 heteroatoms. The minimum atomic E-state index is -0.949. The fraction of sp³-hybridized carbons (Fsp3) is 0.192. The van der Waals surface area contributed by atoms with Crippen LogP contribution < -0.4 is 15.0 Å². The molecule has 1 fully saturated rings. The number of para-hydroxylation sites is 1. The van der Waals surface area contributed by atoms with Crippen molar-refractivity contribution in [1.82, 2.24) is 5.01 Å². The second-order valence-electron chi connectivity index (χ2n) is 8.21. The largest absolute Gasteiger partial charge is 0.457 e. The van der Waals surface area contributed by atoms with Crippen molar-refractivity contribution in [2.45, 2.75) is 25.4 Å². The highest BCUT2D eigenvalue weighted by Crippen LogP contribution is 2.32. The Bertz CT molecular complexity index is 1280. The molecule has 3 aromatic carbocycles. The van der Waals surface area contributed by atoms with Crippen molar-refractivity contribution in [1.29, 1.82) is 0 Å². The van der Waals surface area contributed by atoms with Crippen LogP contribution in [-0.2, 0) is 20.8 Å². The summed E-state index contributed by atoms with van der Waals surface area (Å²) in [6, 6.07) is 21.7. The van der Waals surface area contributed by atoms with Gasteiger partial charge in [-0.15, -0.1) is 0 Å². The normalized spacial score (nSPS) is 18.7. The Morgan fingerprint density at radius 3 is 2.29 bits per heavy atom. The van der Waals surface area contributed by atoms with Crippen LogP contribution in [0.3, 0.4) is 0 Å². The van der Waals surface area contributed by atoms with Gasteiger partial charge in [0.2, 0.25) is 5.91 Å². The molecule has 0 bridgehead atoms. The quantitative estimate of drug-likeness (QED) is 0.528. The summed E-state index contributed by atoms with van der Waals surface area (Å²) in [5.41, 5.74) is 2.16. The molecule has 1 saturated heterocycles. The number of carbonyl (C=O) groups excluding carboxylic acids is 3. The number of amides is 3. The van der Waals surface area contributed by atoms with E-state index in [0.717, 1.165) is 16.9 Å². The summed E-state index contributed by atoms with van der Waals surface area (Å²) in [5, 5.41) is 11.9. The van der Waals surface area contributed by atoms with Gasteiger partial charge in [0.05, 0.1) is 5.69 Å². The molecule has 2 aliphatic rings. The maximum atomic E-state index is 13.1. The fourth-order valence-electron chi connectivity index (χ4n) is 4.07. The molecule has 2 aliphatic heterocycles. The number of ether oxygens (including phenoxy) is 1. The summed E-state index contributed by atoms with van der Waals surface area (Å²) in [4.78, 5) is 39.7. The third kappa shape index (κ3) is 4.48. The molecular formula is C26H23N5O4. The van der Waals surface area contributed by atoms with Gasteiger partial charge in [-0.05, 0) is 60.5 Å². The highest BCUT2D eigenvalue weighted by Gasteiger charge is 2.55. The number of rotatable bonds is 7. The minimum Gasteiger partial charge on any atom is -0.457 e. The molecule has 0 unspecified atom stereocenters. The first-order valence-electron chi connectivity index (χ1n) is 11.3. The molecule has 0 radical (unpaired) electrons. The predicted octanol–water partition coefficient (Wildman–Crippen LogP) is 3.97. The highest BCUT2D eigenvalue weighted by atomic mass is 16.5. The van der Waals surface area contributed by atoms with Gasteiger partial charge in [0.15, 0.2) is 12.1 Å². The number of hydrogen-bond acceptors (Lipinski definition) is 7. The minimum absolute atomic E-state index is 0.214. The average Bonchev–Trinajstić information content (AvgIpc) is 3.40. The fourth-order valence-corrected chi connectivity index (χ4v) is 4.07. The maximum absolute atomic E-state index is 13.1. The van der Waals surface area contributed by atoms with Gasteiger partial charge in [-0.2, -0.15) is 5.11 Å². The standard InChI is InChI=1S/C26H23N5O4/c1-2-17-8-12-19(13-9-17)31-25(33)23-24(26(31)34)30(29-28-23)16-22(32)27-18-10-14-21(15-11-18)35-20-6-4-3-5-7-20/h3-15,23-24H,2,16H2,1H3,(H,27,32)/t23-,24+/m1/s1. The maximum Gasteiger partial charge on any atom is 0.263 e. The summed E-state index contributed by atoms with van der Waals surface area (Å²) < 4.78 is 5.75. The van der Waals surface area contributed by atoms with Crippen molar-refractivity contribution >= 4 is 29.1 Å². The van der Waals surface area contributed by atoms with Crippen molar-refractivity contribution in [2.75, 3.05) is 16.8 Å². The Labute approximate surface area is 202 Å². The van der Waals surface area contributed by atoms with E-state index < -0.39 is 23.9 Å². The van der Waals surface area contributed by atoms with Gasteiger partial charge >= 0.3 is 0 Å². The van der Waals surface area contributed by atoms with Crippen LogP contribution >= 0.6 is 0 Å². The first-order chi connectivity index (χ1) is 17.0. The number of anilines is 2. The Balaban J connectivity index is 1.21. The summed E-state index contributed by atoms with van der Waals surface area (Å²) in [5.74, 6) is 0.0820. The molecule has 0 aliphatic carbocycles. The van der Waals surface area contributed by atoms with E-state index >= 15 is 0 Å². The number of fused-ring (bicyclic) bond motifs is 1. The monoisotopic (exact) mass is 469 g/mol. The second-order valence-corrected chi connectivity index (χ2v) is 8.21. The van der Waals surface area contributed by atoms with Crippen molar-refractivity contribution in [2.24, 2.45) is 10.3 Å². The highest BCUT2D eigenvalue weighted by molar-refractivity contribution is 6.25. The molecule has 0 spiro atoms. The van der Waals surface area contributed by atoms with E-state index in [4.69, 9.17) is 4.74 Å². The summed E-state index contributed by atoms with van der Waals surface area (Å²) in [6.45, 7) is 1.82. The number of carbonyl (C=O) groups is 3. The molecule has 2 atom stereocenters. The lowest BCUT2D eigenvalue weighted by Gasteiger charge is -2.20. The van der Waals surface area contributed by atoms with Gasteiger partial charge in [0.25, 0.3) is 11.8 Å². The van der Waals surface area contributed by atoms with Gasteiger partial charge in [0, 0.05) is 5.69 Å². The first kappa shape index (κ1) is 22.3. The van der Waals surface area contributed by atoms with Gasteiger partial charge in [-0.3, -0.25) is 19.4 Å². The van der Waals surface area contributed by atoms with Crippen LogP contribution in [0.1, 0.15) is 12.5 Å². The number of hydrogen-bond donors (Lipinski definition) is 1. The van der Waals surface area contributed by atoms with Gasteiger partial charge < -0.3 is 10.1 Å². The van der Waals surface area contributed by atoms with E-state index in [-0.39, 0.29) is 12.5 Å². The second kappa shape index (κ2) is 9.38. The number of nitrogens with one attached hydrogen (secondary N) is 1. The zero-order chi connectivity index (χ0) is 24.4. The van der Waals surface area contributed by atoms with Crippen LogP contribution in [0, 0.1) is 0 Å². The summed E-state index contributed by atoms with van der Waals surface area (Å²) in [7, 11) is 0. The smallest absolute Gasteiger partial charge is 0.263 e. The molecular weight excluding hydrogens is 446 g/mol. The summed E-state index contributed by atoms with van der Waals surface area (Å²) >= 11 is 0. The predicted molar refractivity (Wildman–Crippen MR) is 129 cm³/mol. The Hall–Kier alpha value is -4.53. The molecule has 1 N–H and O–H groups in total. The number of aryl methyl sites for hydroxylation is 1. The lowest BCUT2D eigenvalue weighted by Crippen LogP contribution is -2.43. The van der Waals surface area contributed by atoms with Crippen LogP contribution in [0.4, 0.5) is 11.4 Å². The topological polar surface area (TPSA) is 104 Å². The number of benzene rings is 3. The van der Waals surface area contributed by atoms with Crippen LogP contribution in [0.25, 0.3) is 0 Å². The van der Waals surface area contributed by atoms with Crippen molar-refractivity contribution in [3.8, 4) is 11.5 Å². The average molecular weight is 470 g/mol. The lowest BCUT2D eigenvalue weighted by molar-refractivity contribution is -0.123. The van der Waals surface area contributed by atoms with E-state index in [2.05, 4.69) is 15.7 Å². The first-order valence-corrected chi connectivity index (χ1v) is 11.3. The number of nitrogens with zero attached hydrogens (tertiary/aromatic N) is 4. The molecule has 2 heterocycles. The van der Waals surface area contributed by atoms with E-state index in [9.17, 15) is 14.4 Å². The molecule has 3 aromatic rings. The van der Waals surface area contributed by atoms with Crippen LogP contribution in [0.2, 0.25) is 0 Å². The van der Waals surface area contributed by atoms with E-state index in [1.54, 1.807) is 36.4 Å². The van der Waals surface area contributed by atoms with Gasteiger partial charge in [0.1, 0.15) is 18.0 Å². The molecule has 35 heavy (non-hydrogen) atoms. The molecule has 176 valence electrons. The van der Waals surface area contributed by atoms with E-state index in [1.807, 2.05) is 49.4 Å². The van der Waals surface area contributed by atoms with Gasteiger partial charge in [-0.25, -0.2) is 4.90 Å². The van der Waals surface area contributed by atoms with Crippen molar-refractivity contribution in [3.05, 3.63) is 84.4 Å².